The molecule has 0 unspecified atom stereocenters. The van der Waals surface area contributed by atoms with Crippen LogP contribution < -0.4 is 0 Å². The third kappa shape index (κ3) is 13.7. The molecule has 0 aromatic heterocycles. The van der Waals surface area contributed by atoms with Gasteiger partial charge in [0.2, 0.25) is 5.83 Å². The van der Waals surface area contributed by atoms with Crippen LogP contribution in [0.25, 0.3) is 0 Å². The number of rotatable bonds is 0. The van der Waals surface area contributed by atoms with E-state index < -0.39 is 24.0 Å². The number of alkyl halides is 6. The molecule has 0 fully saturated rings. The monoisotopic (exact) mass is 230 g/mol. The van der Waals surface area contributed by atoms with Crippen molar-refractivity contribution in [3.63, 3.8) is 0 Å². The van der Waals surface area contributed by atoms with Crippen LogP contribution >= 0.6 is 0 Å². The van der Waals surface area contributed by atoms with E-state index in [4.69, 9.17) is 0 Å². The SMILES string of the molecule is C/C(F)=C(\F)C(F)(F)F.CC(F)(F)F. The molecule has 8 heteroatoms. The molecule has 0 radical (unpaired) electrons. The van der Waals surface area contributed by atoms with E-state index in [9.17, 15) is 35.1 Å². The fraction of sp³-hybridized carbons (Fsp3) is 0.667. The number of hydrogen-bond acceptors (Lipinski definition) is 0. The van der Waals surface area contributed by atoms with Gasteiger partial charge in [0, 0.05) is 6.92 Å². The molecule has 86 valence electrons. The molecule has 0 saturated heterocycles. The van der Waals surface area contributed by atoms with Crippen molar-refractivity contribution in [2.75, 3.05) is 0 Å². The minimum atomic E-state index is -5.18. The van der Waals surface area contributed by atoms with Gasteiger partial charge in [-0.25, -0.2) is 4.39 Å². The minimum Gasteiger partial charge on any atom is -0.209 e. The lowest BCUT2D eigenvalue weighted by atomic mass is 10.4. The normalized spacial score (nSPS) is 14.1. The Morgan fingerprint density at radius 2 is 1.07 bits per heavy atom. The number of allylic oxidation sites excluding steroid dienone is 2. The highest BCUT2D eigenvalue weighted by Crippen LogP contribution is 2.29. The summed E-state index contributed by atoms with van der Waals surface area (Å²) < 4.78 is 86.9. The van der Waals surface area contributed by atoms with Crippen LogP contribution in [-0.4, -0.2) is 12.4 Å². The summed E-state index contributed by atoms with van der Waals surface area (Å²) in [6, 6.07) is 0. The zero-order valence-corrected chi connectivity index (χ0v) is 7.02. The summed E-state index contributed by atoms with van der Waals surface area (Å²) in [5.74, 6) is -4.51. The Kier molecular flexibility index (Phi) is 5.76. The van der Waals surface area contributed by atoms with Gasteiger partial charge in [0.05, 0.1) is 0 Å². The van der Waals surface area contributed by atoms with Crippen LogP contribution in [-0.2, 0) is 0 Å². The molecule has 0 nitrogen and oxygen atoms in total. The van der Waals surface area contributed by atoms with Gasteiger partial charge in [-0.3, -0.25) is 0 Å². The van der Waals surface area contributed by atoms with Crippen molar-refractivity contribution < 1.29 is 35.1 Å². The van der Waals surface area contributed by atoms with Gasteiger partial charge in [-0.1, -0.05) is 0 Å². The summed E-state index contributed by atoms with van der Waals surface area (Å²) in [7, 11) is 0. The maximum Gasteiger partial charge on any atom is 0.445 e. The van der Waals surface area contributed by atoms with Crippen LogP contribution in [0.5, 0.6) is 0 Å². The third-order valence-corrected chi connectivity index (χ3v) is 0.551. The van der Waals surface area contributed by atoms with Crippen LogP contribution in [0.4, 0.5) is 35.1 Å². The first-order valence-corrected chi connectivity index (χ1v) is 3.01. The molecule has 0 aliphatic carbocycles. The van der Waals surface area contributed by atoms with Gasteiger partial charge < -0.3 is 0 Å². The third-order valence-electron chi connectivity index (χ3n) is 0.551. The molecule has 0 aromatic rings. The first-order valence-electron chi connectivity index (χ1n) is 3.01. The van der Waals surface area contributed by atoms with Gasteiger partial charge in [-0.15, -0.1) is 0 Å². The predicted octanol–water partition coefficient (Wildman–Crippen LogP) is 4.29. The Bertz CT molecular complexity index is 185. The molecule has 0 N–H and O–H groups in total. The molecule has 0 atom stereocenters. The predicted molar refractivity (Wildman–Crippen MR) is 32.7 cm³/mol. The minimum absolute atomic E-state index is 0.188. The fourth-order valence-corrected chi connectivity index (χ4v) is 0.195. The Balaban J connectivity index is 0. The lowest BCUT2D eigenvalue weighted by molar-refractivity contribution is -0.111. The van der Waals surface area contributed by atoms with E-state index in [0.29, 0.717) is 6.92 Å². The maximum absolute atomic E-state index is 11.4. The highest BCUT2D eigenvalue weighted by Gasteiger charge is 2.36. The number of halogens is 8. The lowest BCUT2D eigenvalue weighted by Crippen LogP contribution is -2.08. The van der Waals surface area contributed by atoms with Crippen LogP contribution in [0.15, 0.2) is 11.7 Å². The average Bonchev–Trinajstić information content (AvgIpc) is 1.79. The Morgan fingerprint density at radius 1 is 0.857 bits per heavy atom. The van der Waals surface area contributed by atoms with Crippen molar-refractivity contribution in [3.05, 3.63) is 11.7 Å². The zero-order chi connectivity index (χ0) is 12.2. The quantitative estimate of drug-likeness (QED) is 0.544. The summed E-state index contributed by atoms with van der Waals surface area (Å²) in [6.45, 7) is 0.593. The van der Waals surface area contributed by atoms with Crippen molar-refractivity contribution in [2.24, 2.45) is 0 Å². The smallest absolute Gasteiger partial charge is 0.209 e. The summed E-state index contributed by atoms with van der Waals surface area (Å²) in [6.07, 6.45) is -9.18. The largest absolute Gasteiger partial charge is 0.445 e. The summed E-state index contributed by atoms with van der Waals surface area (Å²) >= 11 is 0. The molecule has 0 heterocycles. The molecule has 0 aliphatic heterocycles. The van der Waals surface area contributed by atoms with Crippen LogP contribution in [0.1, 0.15) is 13.8 Å². The van der Waals surface area contributed by atoms with Gasteiger partial charge in [0.15, 0.2) is 0 Å². The van der Waals surface area contributed by atoms with Crippen molar-refractivity contribution in [3.8, 4) is 0 Å². The molecule has 0 aliphatic rings. The molecule has 0 aromatic carbocycles. The van der Waals surface area contributed by atoms with E-state index >= 15 is 0 Å². The van der Waals surface area contributed by atoms with Crippen LogP contribution in [0.2, 0.25) is 0 Å². The highest BCUT2D eigenvalue weighted by molar-refractivity contribution is 5.02. The van der Waals surface area contributed by atoms with Gasteiger partial charge >= 0.3 is 12.4 Å². The molecule has 0 amide bonds. The average molecular weight is 230 g/mol. The van der Waals surface area contributed by atoms with E-state index in [1.54, 1.807) is 0 Å². The van der Waals surface area contributed by atoms with E-state index in [0.717, 1.165) is 0 Å². The standard InChI is InChI=1S/C4H3F5.C2H3F3/c1-2(5)3(6)4(7,8)9;1-2(3,4)5/h1H3;1H3/b3-2+;. The van der Waals surface area contributed by atoms with Gasteiger partial charge in [-0.05, 0) is 6.92 Å². The van der Waals surface area contributed by atoms with Gasteiger partial charge in [-0.2, -0.15) is 30.7 Å². The second-order valence-corrected chi connectivity index (χ2v) is 2.13. The summed E-state index contributed by atoms with van der Waals surface area (Å²) in [4.78, 5) is 0. The van der Waals surface area contributed by atoms with E-state index in [1.807, 2.05) is 0 Å². The Hall–Kier alpha value is -0.820. The van der Waals surface area contributed by atoms with E-state index in [1.165, 1.54) is 0 Å². The lowest BCUT2D eigenvalue weighted by Gasteiger charge is -2.00. The van der Waals surface area contributed by atoms with Crippen LogP contribution in [0.3, 0.4) is 0 Å². The molecule has 0 saturated carbocycles. The first-order chi connectivity index (χ1) is 5.85. The second kappa shape index (κ2) is 5.16. The fourth-order valence-electron chi connectivity index (χ4n) is 0.195. The molecule has 14 heavy (non-hydrogen) atoms. The second-order valence-electron chi connectivity index (χ2n) is 2.13. The molecule has 0 bridgehead atoms. The molecular weight excluding hydrogens is 224 g/mol. The highest BCUT2D eigenvalue weighted by atomic mass is 19.4. The molecule has 0 spiro atoms. The molecule has 0 rings (SSSR count). The van der Waals surface area contributed by atoms with E-state index in [-0.39, 0.29) is 6.92 Å². The molecular formula is C6H6F8. The van der Waals surface area contributed by atoms with E-state index in [2.05, 4.69) is 0 Å². The van der Waals surface area contributed by atoms with Crippen molar-refractivity contribution in [1.82, 2.24) is 0 Å². The van der Waals surface area contributed by atoms with Gasteiger partial charge in [0.25, 0.3) is 0 Å². The van der Waals surface area contributed by atoms with Crippen LogP contribution in [0, 0.1) is 0 Å². The van der Waals surface area contributed by atoms with Crippen molar-refractivity contribution in [2.45, 2.75) is 26.2 Å². The Labute approximate surface area is 74.2 Å². The summed E-state index contributed by atoms with van der Waals surface area (Å²) in [5, 5.41) is 0. The van der Waals surface area contributed by atoms with Crippen molar-refractivity contribution >= 4 is 0 Å². The topological polar surface area (TPSA) is 0 Å². The number of hydrogen-bond donors (Lipinski definition) is 0. The maximum atomic E-state index is 11.4. The van der Waals surface area contributed by atoms with Gasteiger partial charge in [0.1, 0.15) is 5.83 Å². The zero-order valence-electron chi connectivity index (χ0n) is 7.02. The summed E-state index contributed by atoms with van der Waals surface area (Å²) in [5.41, 5.74) is 0. The van der Waals surface area contributed by atoms with Crippen molar-refractivity contribution in [1.29, 1.82) is 0 Å². The first kappa shape index (κ1) is 15.6. The Morgan fingerprint density at radius 3 is 1.07 bits per heavy atom.